The number of oxime groups is 1. The van der Waals surface area contributed by atoms with Gasteiger partial charge in [-0.15, -0.1) is 0 Å². The number of halogens is 1. The van der Waals surface area contributed by atoms with Gasteiger partial charge in [0.2, 0.25) is 6.17 Å². The molecular formula is C11H20ClN3O3. The van der Waals surface area contributed by atoms with E-state index in [-0.39, 0.29) is 37.2 Å². The van der Waals surface area contributed by atoms with Crippen molar-refractivity contribution in [2.24, 2.45) is 11.1 Å². The summed E-state index contributed by atoms with van der Waals surface area (Å²) in [6.45, 7) is 3.96. The highest BCUT2D eigenvalue weighted by molar-refractivity contribution is 5.71. The van der Waals surface area contributed by atoms with Gasteiger partial charge in [-0.25, -0.2) is 0 Å². The number of nitrogens with zero attached hydrogens (tertiary/aromatic N) is 2. The van der Waals surface area contributed by atoms with Gasteiger partial charge < -0.3 is 22.4 Å². The highest BCUT2D eigenvalue weighted by Crippen LogP contribution is 2.05. The van der Waals surface area contributed by atoms with E-state index in [1.807, 2.05) is 33.3 Å². The van der Waals surface area contributed by atoms with E-state index >= 15 is 0 Å². The minimum absolute atomic E-state index is 0. The van der Waals surface area contributed by atoms with Crippen LogP contribution in [0.15, 0.2) is 17.6 Å². The molecule has 0 radical (unpaired) electrons. The Balaban J connectivity index is 0.00000289. The second-order valence-electron chi connectivity index (χ2n) is 4.19. The van der Waals surface area contributed by atoms with Crippen LogP contribution in [0.2, 0.25) is 0 Å². The number of hydrogen-bond donors (Lipinski definition) is 2. The summed E-state index contributed by atoms with van der Waals surface area (Å²) in [6, 6.07) is 0. The predicted molar refractivity (Wildman–Crippen MR) is 62.3 cm³/mol. The van der Waals surface area contributed by atoms with Gasteiger partial charge in [0.15, 0.2) is 6.73 Å². The topological polar surface area (TPSA) is 66.6 Å². The van der Waals surface area contributed by atoms with Crippen molar-refractivity contribution < 1.29 is 32.0 Å². The Morgan fingerprint density at radius 1 is 1.72 bits per heavy atom. The first-order valence-corrected chi connectivity index (χ1v) is 5.71. The van der Waals surface area contributed by atoms with Crippen LogP contribution in [0.3, 0.4) is 0 Å². The van der Waals surface area contributed by atoms with Gasteiger partial charge >= 0.3 is 5.97 Å². The standard InChI is InChI=1S/C11H19N3O3.ClH/c1-4-9(2)11(15)17-8-14-6-5-13(3)10(14)7-12-16;/h5-7,9-10,16H,4,8H2,1-3H3;1H/b12-7-;. The average Bonchev–Trinajstić information content (AvgIpc) is 2.67. The van der Waals surface area contributed by atoms with Gasteiger partial charge in [-0.3, -0.25) is 14.6 Å². The first-order chi connectivity index (χ1) is 8.10. The molecule has 6 nitrogen and oxygen atoms in total. The van der Waals surface area contributed by atoms with Crippen molar-refractivity contribution in [2.45, 2.75) is 26.4 Å². The van der Waals surface area contributed by atoms with Crippen LogP contribution >= 0.6 is 0 Å². The van der Waals surface area contributed by atoms with E-state index in [1.165, 1.54) is 6.21 Å². The van der Waals surface area contributed by atoms with Gasteiger partial charge in [0.1, 0.15) is 12.4 Å². The predicted octanol–water partition coefficient (Wildman–Crippen LogP) is -3.38. The van der Waals surface area contributed by atoms with Gasteiger partial charge in [-0.1, -0.05) is 19.0 Å². The molecule has 0 saturated heterocycles. The Labute approximate surface area is 113 Å². The van der Waals surface area contributed by atoms with E-state index in [2.05, 4.69) is 5.16 Å². The Hall–Kier alpha value is -1.27. The molecule has 1 aliphatic heterocycles. The molecule has 0 spiro atoms. The Kier molecular flexibility index (Phi) is 7.38. The highest BCUT2D eigenvalue weighted by Gasteiger charge is 2.28. The minimum atomic E-state index is -0.204. The van der Waals surface area contributed by atoms with Crippen LogP contribution in [0.5, 0.6) is 0 Å². The number of rotatable bonds is 5. The van der Waals surface area contributed by atoms with Gasteiger partial charge in [0.05, 0.1) is 19.2 Å². The first-order valence-electron chi connectivity index (χ1n) is 5.71. The van der Waals surface area contributed by atoms with E-state index in [0.29, 0.717) is 0 Å². The van der Waals surface area contributed by atoms with Crippen molar-refractivity contribution in [1.82, 2.24) is 4.90 Å². The molecule has 18 heavy (non-hydrogen) atoms. The summed E-state index contributed by atoms with van der Waals surface area (Å²) in [5, 5.41) is 11.6. The van der Waals surface area contributed by atoms with Crippen LogP contribution in [0.25, 0.3) is 0 Å². The van der Waals surface area contributed by atoms with Crippen LogP contribution in [-0.4, -0.2) is 42.2 Å². The summed E-state index contributed by atoms with van der Waals surface area (Å²) >= 11 is 0. The molecule has 3 unspecified atom stereocenters. The number of carbonyl (C=O) groups excluding carboxylic acids is 1. The van der Waals surface area contributed by atoms with Crippen molar-refractivity contribution in [1.29, 1.82) is 0 Å². The van der Waals surface area contributed by atoms with E-state index in [4.69, 9.17) is 9.94 Å². The molecule has 0 aliphatic carbocycles. The van der Waals surface area contributed by atoms with Crippen molar-refractivity contribution in [2.75, 3.05) is 13.8 Å². The average molecular weight is 278 g/mol. The Bertz CT molecular complexity index is 323. The molecule has 1 aliphatic rings. The maximum atomic E-state index is 11.5. The van der Waals surface area contributed by atoms with E-state index in [9.17, 15) is 4.79 Å². The summed E-state index contributed by atoms with van der Waals surface area (Å²) in [5.41, 5.74) is 0. The fraction of sp³-hybridized carbons (Fsp3) is 0.636. The van der Waals surface area contributed by atoms with E-state index in [1.54, 1.807) is 4.90 Å². The normalized spacial score (nSPS) is 24.1. The van der Waals surface area contributed by atoms with Gasteiger partial charge in [-0.2, -0.15) is 0 Å². The lowest BCUT2D eigenvalue weighted by molar-refractivity contribution is -0.843. The van der Waals surface area contributed by atoms with Gasteiger partial charge in [0.25, 0.3) is 0 Å². The fourth-order valence-corrected chi connectivity index (χ4v) is 1.50. The summed E-state index contributed by atoms with van der Waals surface area (Å²) < 4.78 is 5.18. The molecular weight excluding hydrogens is 258 g/mol. The maximum Gasteiger partial charge on any atom is 0.310 e. The third-order valence-electron chi connectivity index (χ3n) is 2.93. The van der Waals surface area contributed by atoms with Crippen LogP contribution < -0.4 is 17.3 Å². The molecule has 0 aromatic heterocycles. The first kappa shape index (κ1) is 16.7. The van der Waals surface area contributed by atoms with Gasteiger partial charge in [0, 0.05) is 0 Å². The zero-order valence-electron chi connectivity index (χ0n) is 10.8. The van der Waals surface area contributed by atoms with Crippen LogP contribution in [0.1, 0.15) is 20.3 Å². The maximum absolute atomic E-state index is 11.5. The van der Waals surface area contributed by atoms with Gasteiger partial charge in [-0.05, 0) is 6.42 Å². The van der Waals surface area contributed by atoms with Crippen LogP contribution in [0.4, 0.5) is 0 Å². The number of quaternary nitrogens is 1. The smallest absolute Gasteiger partial charge is 0.310 e. The quantitative estimate of drug-likeness (QED) is 0.238. The molecule has 2 N–H and O–H groups in total. The number of ether oxygens (including phenoxy) is 1. The van der Waals surface area contributed by atoms with Crippen LogP contribution in [0, 0.1) is 5.92 Å². The molecule has 0 bridgehead atoms. The zero-order valence-corrected chi connectivity index (χ0v) is 11.6. The molecule has 1 heterocycles. The SMILES string of the molecule is CCC(C)C(=O)OCN1C=C[NH+](C)C1/C=N\O.[Cl-]. The number of carbonyl (C=O) groups is 1. The lowest BCUT2D eigenvalue weighted by atomic mass is 10.1. The number of nitrogens with one attached hydrogen (secondary N) is 1. The minimum Gasteiger partial charge on any atom is -1.00 e. The molecule has 0 saturated carbocycles. The fourth-order valence-electron chi connectivity index (χ4n) is 1.50. The van der Waals surface area contributed by atoms with E-state index < -0.39 is 0 Å². The molecule has 0 amide bonds. The summed E-state index contributed by atoms with van der Waals surface area (Å²) in [4.78, 5) is 14.4. The third-order valence-corrected chi connectivity index (χ3v) is 2.93. The molecule has 104 valence electrons. The Morgan fingerprint density at radius 2 is 2.39 bits per heavy atom. The van der Waals surface area contributed by atoms with Crippen molar-refractivity contribution in [3.63, 3.8) is 0 Å². The van der Waals surface area contributed by atoms with Crippen LogP contribution in [-0.2, 0) is 9.53 Å². The third kappa shape index (κ3) is 4.19. The lowest BCUT2D eigenvalue weighted by Gasteiger charge is -2.22. The lowest BCUT2D eigenvalue weighted by Crippen LogP contribution is -3.09. The Morgan fingerprint density at radius 3 is 2.94 bits per heavy atom. The molecule has 3 atom stereocenters. The van der Waals surface area contributed by atoms with Crippen molar-refractivity contribution >= 4 is 12.2 Å². The summed E-state index contributed by atoms with van der Waals surface area (Å²) in [7, 11) is 1.93. The number of hydrogen-bond acceptors (Lipinski definition) is 5. The monoisotopic (exact) mass is 277 g/mol. The second kappa shape index (κ2) is 7.94. The van der Waals surface area contributed by atoms with Crippen molar-refractivity contribution in [3.8, 4) is 0 Å². The molecule has 1 rings (SSSR count). The number of esters is 1. The highest BCUT2D eigenvalue weighted by atomic mass is 35.5. The summed E-state index contributed by atoms with van der Waals surface area (Å²) in [6.07, 6.45) is 5.77. The molecule has 0 fully saturated rings. The molecule has 0 aromatic carbocycles. The molecule has 0 aromatic rings. The largest absolute Gasteiger partial charge is 1.00 e. The zero-order chi connectivity index (χ0) is 12.8. The summed E-state index contributed by atoms with van der Waals surface area (Å²) in [5.74, 6) is -0.290. The second-order valence-corrected chi connectivity index (χ2v) is 4.19. The molecule has 7 heteroatoms. The van der Waals surface area contributed by atoms with Crippen molar-refractivity contribution in [3.05, 3.63) is 12.4 Å². The van der Waals surface area contributed by atoms with E-state index in [0.717, 1.165) is 11.3 Å².